The molecule has 0 bridgehead atoms. The molecule has 1 aliphatic heterocycles. The highest BCUT2D eigenvalue weighted by atomic mass is 16.7. The van der Waals surface area contributed by atoms with E-state index < -0.39 is 0 Å². The van der Waals surface area contributed by atoms with Crippen LogP contribution in [0.1, 0.15) is 27.7 Å². The van der Waals surface area contributed by atoms with Crippen molar-refractivity contribution in [2.45, 2.75) is 33.2 Å². The minimum absolute atomic E-state index is 0.0286. The van der Waals surface area contributed by atoms with Crippen molar-refractivity contribution in [1.29, 1.82) is 0 Å². The molecule has 1 heterocycles. The van der Waals surface area contributed by atoms with E-state index in [-0.39, 0.29) is 12.3 Å². The fraction of sp³-hybridized carbons (Fsp3) is 0.562. The second kappa shape index (κ2) is 7.24. The molecule has 0 unspecified atom stereocenters. The van der Waals surface area contributed by atoms with E-state index in [1.54, 1.807) is 0 Å². The Balaban J connectivity index is 1.82. The zero-order valence-corrected chi connectivity index (χ0v) is 13.7. The summed E-state index contributed by atoms with van der Waals surface area (Å²) >= 11 is 0. The van der Waals surface area contributed by atoms with Gasteiger partial charge in [0.1, 0.15) is 12.4 Å². The van der Waals surface area contributed by atoms with Gasteiger partial charge >= 0.3 is 0 Å². The molecular formula is C16H25N3O3. The second-order valence-corrected chi connectivity index (χ2v) is 6.00. The van der Waals surface area contributed by atoms with E-state index in [1.165, 1.54) is 0 Å². The number of guanidine groups is 1. The number of aliphatic imine (C=N–C) groups is 1. The molecule has 1 aliphatic rings. The minimum Gasteiger partial charge on any atom is -0.492 e. The van der Waals surface area contributed by atoms with Gasteiger partial charge in [-0.3, -0.25) is 0 Å². The van der Waals surface area contributed by atoms with Crippen LogP contribution in [0.3, 0.4) is 0 Å². The van der Waals surface area contributed by atoms with E-state index in [1.807, 2.05) is 25.1 Å². The predicted molar refractivity (Wildman–Crippen MR) is 86.9 cm³/mol. The van der Waals surface area contributed by atoms with Gasteiger partial charge in [0.15, 0.2) is 17.5 Å². The maximum absolute atomic E-state index is 5.69. The van der Waals surface area contributed by atoms with Gasteiger partial charge < -0.3 is 24.8 Å². The van der Waals surface area contributed by atoms with Crippen LogP contribution in [0.15, 0.2) is 23.2 Å². The topological polar surface area (TPSA) is 64.1 Å². The van der Waals surface area contributed by atoms with Crippen LogP contribution >= 0.6 is 0 Å². The molecule has 122 valence electrons. The maximum atomic E-state index is 5.69. The van der Waals surface area contributed by atoms with Crippen LogP contribution in [0.2, 0.25) is 0 Å². The Hall–Kier alpha value is -2.11. The van der Waals surface area contributed by atoms with Crippen LogP contribution in [0.25, 0.3) is 0 Å². The summed E-state index contributed by atoms with van der Waals surface area (Å²) in [7, 11) is 0. The normalized spacial score (nSPS) is 13.9. The summed E-state index contributed by atoms with van der Waals surface area (Å²) in [5.41, 5.74) is -0.0286. The molecular weight excluding hydrogens is 282 g/mol. The number of nitrogens with one attached hydrogen (secondary N) is 2. The standard InChI is InChI=1S/C16H25N3O3/c1-5-17-15(19-16(2,3)4)18-8-9-20-12-6-7-13-14(10-12)22-11-21-13/h6-7,10H,5,8-9,11H2,1-4H3,(H2,17,18,19). The fourth-order valence-corrected chi connectivity index (χ4v) is 1.95. The third kappa shape index (κ3) is 5.02. The number of rotatable bonds is 5. The number of hydrogen-bond donors (Lipinski definition) is 2. The molecule has 0 amide bonds. The molecule has 6 heteroatoms. The number of hydrogen-bond acceptors (Lipinski definition) is 4. The van der Waals surface area contributed by atoms with Crippen molar-refractivity contribution < 1.29 is 14.2 Å². The number of ether oxygens (including phenoxy) is 3. The van der Waals surface area contributed by atoms with E-state index in [0.29, 0.717) is 13.2 Å². The number of benzene rings is 1. The lowest BCUT2D eigenvalue weighted by Gasteiger charge is -2.23. The Morgan fingerprint density at radius 1 is 1.27 bits per heavy atom. The quantitative estimate of drug-likeness (QED) is 0.496. The summed E-state index contributed by atoms with van der Waals surface area (Å²) in [5, 5.41) is 6.56. The van der Waals surface area contributed by atoms with E-state index in [2.05, 4.69) is 36.4 Å². The van der Waals surface area contributed by atoms with Crippen molar-refractivity contribution in [1.82, 2.24) is 10.6 Å². The van der Waals surface area contributed by atoms with Crippen LogP contribution < -0.4 is 24.8 Å². The maximum Gasteiger partial charge on any atom is 0.231 e. The third-order valence-corrected chi connectivity index (χ3v) is 2.81. The monoisotopic (exact) mass is 307 g/mol. The molecule has 0 fully saturated rings. The van der Waals surface area contributed by atoms with Crippen LogP contribution in [-0.2, 0) is 0 Å². The number of nitrogens with zero attached hydrogens (tertiary/aromatic N) is 1. The van der Waals surface area contributed by atoms with Crippen LogP contribution in [-0.4, -0.2) is 38.0 Å². The Bertz CT molecular complexity index is 524. The van der Waals surface area contributed by atoms with Gasteiger partial charge in [-0.25, -0.2) is 4.99 Å². The predicted octanol–water partition coefficient (Wildman–Crippen LogP) is 2.15. The van der Waals surface area contributed by atoms with Gasteiger partial charge in [0.25, 0.3) is 0 Å². The van der Waals surface area contributed by atoms with Crippen molar-refractivity contribution >= 4 is 5.96 Å². The minimum atomic E-state index is -0.0286. The highest BCUT2D eigenvalue weighted by Crippen LogP contribution is 2.34. The Morgan fingerprint density at radius 2 is 2.05 bits per heavy atom. The zero-order chi connectivity index (χ0) is 16.0. The number of fused-ring (bicyclic) bond motifs is 1. The fourth-order valence-electron chi connectivity index (χ4n) is 1.95. The van der Waals surface area contributed by atoms with Gasteiger partial charge in [-0.15, -0.1) is 0 Å². The lowest BCUT2D eigenvalue weighted by molar-refractivity contribution is 0.173. The van der Waals surface area contributed by atoms with Gasteiger partial charge in [0.05, 0.1) is 6.54 Å². The van der Waals surface area contributed by atoms with Gasteiger partial charge in [-0.2, -0.15) is 0 Å². The first-order valence-corrected chi connectivity index (χ1v) is 7.57. The SMILES string of the molecule is CCNC(=NCCOc1ccc2c(c1)OCO2)NC(C)(C)C. The molecule has 0 saturated heterocycles. The molecule has 0 aromatic heterocycles. The summed E-state index contributed by atoms with van der Waals surface area (Å²) in [6, 6.07) is 5.56. The van der Waals surface area contributed by atoms with Crippen molar-refractivity contribution in [2.75, 3.05) is 26.5 Å². The summed E-state index contributed by atoms with van der Waals surface area (Å²) in [5.74, 6) is 3.04. The average Bonchev–Trinajstić information content (AvgIpc) is 2.89. The van der Waals surface area contributed by atoms with Gasteiger partial charge in [0.2, 0.25) is 6.79 Å². The highest BCUT2D eigenvalue weighted by Gasteiger charge is 2.14. The van der Waals surface area contributed by atoms with E-state index >= 15 is 0 Å². The smallest absolute Gasteiger partial charge is 0.231 e. The third-order valence-electron chi connectivity index (χ3n) is 2.81. The van der Waals surface area contributed by atoms with E-state index in [0.717, 1.165) is 29.8 Å². The molecule has 1 aromatic rings. The Labute approximate surface area is 131 Å². The van der Waals surface area contributed by atoms with Crippen molar-refractivity contribution in [2.24, 2.45) is 4.99 Å². The lowest BCUT2D eigenvalue weighted by atomic mass is 10.1. The Kier molecular flexibility index (Phi) is 5.35. The van der Waals surface area contributed by atoms with Crippen LogP contribution in [0.4, 0.5) is 0 Å². The first-order valence-electron chi connectivity index (χ1n) is 7.57. The van der Waals surface area contributed by atoms with Crippen molar-refractivity contribution in [3.8, 4) is 17.2 Å². The molecule has 0 radical (unpaired) electrons. The molecule has 2 N–H and O–H groups in total. The molecule has 6 nitrogen and oxygen atoms in total. The first-order chi connectivity index (χ1) is 10.5. The van der Waals surface area contributed by atoms with Crippen molar-refractivity contribution in [3.63, 3.8) is 0 Å². The molecule has 22 heavy (non-hydrogen) atoms. The van der Waals surface area contributed by atoms with Crippen LogP contribution in [0, 0.1) is 0 Å². The van der Waals surface area contributed by atoms with E-state index in [9.17, 15) is 0 Å². The summed E-state index contributed by atoms with van der Waals surface area (Å²) in [4.78, 5) is 4.50. The molecule has 1 aromatic carbocycles. The highest BCUT2D eigenvalue weighted by molar-refractivity contribution is 5.80. The average molecular weight is 307 g/mol. The first kappa shape index (κ1) is 16.3. The van der Waals surface area contributed by atoms with Gasteiger partial charge in [0, 0.05) is 18.2 Å². The van der Waals surface area contributed by atoms with Crippen molar-refractivity contribution in [3.05, 3.63) is 18.2 Å². The molecule has 0 spiro atoms. The van der Waals surface area contributed by atoms with Gasteiger partial charge in [-0.05, 0) is 39.8 Å². The summed E-state index contributed by atoms with van der Waals surface area (Å²) < 4.78 is 16.3. The molecule has 2 rings (SSSR count). The largest absolute Gasteiger partial charge is 0.492 e. The van der Waals surface area contributed by atoms with Crippen LogP contribution in [0.5, 0.6) is 17.2 Å². The zero-order valence-electron chi connectivity index (χ0n) is 13.7. The summed E-state index contributed by atoms with van der Waals surface area (Å²) in [6.07, 6.45) is 0. The Morgan fingerprint density at radius 3 is 2.77 bits per heavy atom. The molecule has 0 saturated carbocycles. The second-order valence-electron chi connectivity index (χ2n) is 6.00. The van der Waals surface area contributed by atoms with Gasteiger partial charge in [-0.1, -0.05) is 0 Å². The lowest BCUT2D eigenvalue weighted by Crippen LogP contribution is -2.47. The molecule has 0 aliphatic carbocycles. The van der Waals surface area contributed by atoms with E-state index in [4.69, 9.17) is 14.2 Å². The summed E-state index contributed by atoms with van der Waals surface area (Å²) in [6.45, 7) is 10.5. The molecule has 0 atom stereocenters.